The third-order valence-electron chi connectivity index (χ3n) is 3.73. The monoisotopic (exact) mass is 280 g/mol. The van der Waals surface area contributed by atoms with Crippen LogP contribution in [0.5, 0.6) is 0 Å². The van der Waals surface area contributed by atoms with E-state index in [1.165, 1.54) is 5.56 Å². The van der Waals surface area contributed by atoms with Gasteiger partial charge in [0.15, 0.2) is 0 Å². The van der Waals surface area contributed by atoms with Crippen molar-refractivity contribution < 1.29 is 9.53 Å². The molecular formula is C14H17ClN2O2. The van der Waals surface area contributed by atoms with Gasteiger partial charge in [0.1, 0.15) is 12.1 Å². The minimum atomic E-state index is -0.275. The molecule has 2 aliphatic rings. The summed E-state index contributed by atoms with van der Waals surface area (Å²) in [6, 6.07) is 10.4. The van der Waals surface area contributed by atoms with Crippen LogP contribution >= 0.6 is 11.6 Å². The standard InChI is InChI=1S/C14H17ClN2O2/c1-2-12-13(15)17(12)16-11(9-19-14(16)18)8-10-6-4-3-5-7-10/h3-7,11-13H,2,8-9H2,1H3/t11-,12-,13?,17?/m0/s1. The number of carbonyl (C=O) groups excluding carboxylic acids is 1. The quantitative estimate of drug-likeness (QED) is 0.483. The van der Waals surface area contributed by atoms with Crippen molar-refractivity contribution in [2.75, 3.05) is 6.61 Å². The van der Waals surface area contributed by atoms with Crippen LogP contribution in [-0.4, -0.2) is 40.3 Å². The minimum Gasteiger partial charge on any atom is -0.446 e. The summed E-state index contributed by atoms with van der Waals surface area (Å²) < 4.78 is 5.18. The lowest BCUT2D eigenvalue weighted by Crippen LogP contribution is -2.40. The highest BCUT2D eigenvalue weighted by molar-refractivity contribution is 6.22. The van der Waals surface area contributed by atoms with Gasteiger partial charge in [0, 0.05) is 0 Å². The molecule has 2 aliphatic heterocycles. The third kappa shape index (κ3) is 2.30. The number of benzene rings is 1. The van der Waals surface area contributed by atoms with Gasteiger partial charge in [0.2, 0.25) is 0 Å². The van der Waals surface area contributed by atoms with Crippen LogP contribution in [0.4, 0.5) is 4.79 Å². The average molecular weight is 281 g/mol. The van der Waals surface area contributed by atoms with Crippen molar-refractivity contribution in [2.45, 2.75) is 37.4 Å². The van der Waals surface area contributed by atoms with Crippen molar-refractivity contribution in [3.63, 3.8) is 0 Å². The number of amides is 1. The zero-order valence-electron chi connectivity index (χ0n) is 10.8. The molecule has 0 spiro atoms. The van der Waals surface area contributed by atoms with Crippen LogP contribution < -0.4 is 0 Å². The van der Waals surface area contributed by atoms with E-state index in [1.807, 2.05) is 23.2 Å². The number of hydrogen-bond acceptors (Lipinski definition) is 3. The van der Waals surface area contributed by atoms with E-state index in [4.69, 9.17) is 16.3 Å². The molecule has 0 N–H and O–H groups in total. The zero-order chi connectivity index (χ0) is 13.4. The molecule has 0 radical (unpaired) electrons. The first-order valence-electron chi connectivity index (χ1n) is 6.64. The number of hydrazine groups is 1. The number of nitrogens with zero attached hydrogens (tertiary/aromatic N) is 2. The fourth-order valence-corrected chi connectivity index (χ4v) is 3.13. The highest BCUT2D eigenvalue weighted by atomic mass is 35.5. The number of cyclic esters (lactones) is 1. The number of alkyl halides is 1. The van der Waals surface area contributed by atoms with Gasteiger partial charge < -0.3 is 4.74 Å². The molecular weight excluding hydrogens is 264 g/mol. The Labute approximate surface area is 117 Å². The number of hydrogen-bond donors (Lipinski definition) is 0. The van der Waals surface area contributed by atoms with Crippen LogP contribution in [-0.2, 0) is 11.2 Å². The molecule has 0 saturated carbocycles. The summed E-state index contributed by atoms with van der Waals surface area (Å²) >= 11 is 6.21. The van der Waals surface area contributed by atoms with E-state index in [0.29, 0.717) is 6.61 Å². The molecule has 1 aromatic rings. The summed E-state index contributed by atoms with van der Waals surface area (Å²) in [6.07, 6.45) is 1.46. The van der Waals surface area contributed by atoms with Crippen molar-refractivity contribution in [2.24, 2.45) is 0 Å². The fraction of sp³-hybridized carbons (Fsp3) is 0.500. The van der Waals surface area contributed by atoms with Gasteiger partial charge in [-0.3, -0.25) is 0 Å². The van der Waals surface area contributed by atoms with Gasteiger partial charge in [-0.25, -0.2) is 9.80 Å². The Hall–Kier alpha value is -1.26. The highest BCUT2D eigenvalue weighted by Crippen LogP contribution is 2.39. The smallest absolute Gasteiger partial charge is 0.424 e. The number of ether oxygens (including phenoxy) is 1. The second-order valence-corrected chi connectivity index (χ2v) is 5.44. The molecule has 2 heterocycles. The molecule has 3 rings (SSSR count). The summed E-state index contributed by atoms with van der Waals surface area (Å²) in [7, 11) is 0. The van der Waals surface area contributed by atoms with Crippen molar-refractivity contribution in [3.8, 4) is 0 Å². The normalized spacial score (nSPS) is 33.4. The fourth-order valence-electron chi connectivity index (χ4n) is 2.66. The van der Waals surface area contributed by atoms with Gasteiger partial charge in [0.25, 0.3) is 0 Å². The van der Waals surface area contributed by atoms with Crippen molar-refractivity contribution in [1.29, 1.82) is 0 Å². The van der Waals surface area contributed by atoms with E-state index in [-0.39, 0.29) is 23.7 Å². The topological polar surface area (TPSA) is 32.5 Å². The molecule has 2 saturated heterocycles. The maximum Gasteiger partial charge on any atom is 0.424 e. The Morgan fingerprint density at radius 3 is 2.74 bits per heavy atom. The van der Waals surface area contributed by atoms with E-state index in [9.17, 15) is 4.79 Å². The van der Waals surface area contributed by atoms with E-state index in [0.717, 1.165) is 12.8 Å². The summed E-state index contributed by atoms with van der Waals surface area (Å²) in [5.41, 5.74) is 1.13. The summed E-state index contributed by atoms with van der Waals surface area (Å²) in [5, 5.41) is 3.64. The Bertz CT molecular complexity index is 468. The first-order valence-corrected chi connectivity index (χ1v) is 7.08. The molecule has 0 bridgehead atoms. The minimum absolute atomic E-state index is 0.0488. The Morgan fingerprint density at radius 1 is 1.37 bits per heavy atom. The Kier molecular flexibility index (Phi) is 3.37. The van der Waals surface area contributed by atoms with Crippen LogP contribution in [0.2, 0.25) is 0 Å². The van der Waals surface area contributed by atoms with Crippen molar-refractivity contribution in [1.82, 2.24) is 10.0 Å². The van der Waals surface area contributed by atoms with Gasteiger partial charge in [-0.1, -0.05) is 37.3 Å². The molecule has 2 fully saturated rings. The molecule has 4 atom stereocenters. The molecule has 4 nitrogen and oxygen atoms in total. The molecule has 1 aromatic carbocycles. The predicted octanol–water partition coefficient (Wildman–Crippen LogP) is 2.62. The van der Waals surface area contributed by atoms with E-state index in [2.05, 4.69) is 19.1 Å². The predicted molar refractivity (Wildman–Crippen MR) is 72.7 cm³/mol. The molecule has 5 heteroatoms. The van der Waals surface area contributed by atoms with Crippen molar-refractivity contribution >= 4 is 17.7 Å². The van der Waals surface area contributed by atoms with Crippen molar-refractivity contribution in [3.05, 3.63) is 35.9 Å². The second kappa shape index (κ2) is 5.02. The van der Waals surface area contributed by atoms with Crippen LogP contribution in [0.15, 0.2) is 30.3 Å². The first-order chi connectivity index (χ1) is 9.22. The molecule has 102 valence electrons. The van der Waals surface area contributed by atoms with Gasteiger partial charge >= 0.3 is 6.09 Å². The summed E-state index contributed by atoms with van der Waals surface area (Å²) in [6.45, 7) is 2.51. The van der Waals surface area contributed by atoms with E-state index < -0.39 is 0 Å². The Balaban J connectivity index is 1.73. The number of rotatable bonds is 4. The van der Waals surface area contributed by atoms with Crippen LogP contribution in [0.25, 0.3) is 0 Å². The maximum absolute atomic E-state index is 11.9. The highest BCUT2D eigenvalue weighted by Gasteiger charge is 2.54. The number of halogens is 1. The average Bonchev–Trinajstić information content (AvgIpc) is 2.93. The zero-order valence-corrected chi connectivity index (χ0v) is 11.6. The second-order valence-electron chi connectivity index (χ2n) is 4.99. The van der Waals surface area contributed by atoms with Gasteiger partial charge in [-0.2, -0.15) is 5.01 Å². The Morgan fingerprint density at radius 2 is 2.11 bits per heavy atom. The van der Waals surface area contributed by atoms with Crippen LogP contribution in [0, 0.1) is 0 Å². The number of carbonyl (C=O) groups is 1. The largest absolute Gasteiger partial charge is 0.446 e. The summed E-state index contributed by atoms with van der Waals surface area (Å²) in [4.78, 5) is 11.9. The van der Waals surface area contributed by atoms with E-state index >= 15 is 0 Å². The first kappa shape index (κ1) is 12.8. The molecule has 0 aromatic heterocycles. The van der Waals surface area contributed by atoms with Gasteiger partial charge in [0.05, 0.1) is 12.1 Å². The summed E-state index contributed by atoms with van der Waals surface area (Å²) in [5.74, 6) is 0. The van der Waals surface area contributed by atoms with E-state index in [1.54, 1.807) is 5.01 Å². The lowest BCUT2D eigenvalue weighted by atomic mass is 10.1. The van der Waals surface area contributed by atoms with Gasteiger partial charge in [-0.05, 0) is 18.4 Å². The lowest BCUT2D eigenvalue weighted by Gasteiger charge is -2.22. The maximum atomic E-state index is 11.9. The molecule has 0 aliphatic carbocycles. The lowest BCUT2D eigenvalue weighted by molar-refractivity contribution is 0.0801. The van der Waals surface area contributed by atoms with Crippen LogP contribution in [0.3, 0.4) is 0 Å². The molecule has 19 heavy (non-hydrogen) atoms. The third-order valence-corrected chi connectivity index (χ3v) is 4.22. The van der Waals surface area contributed by atoms with Crippen LogP contribution in [0.1, 0.15) is 18.9 Å². The molecule has 1 amide bonds. The molecule has 2 unspecified atom stereocenters. The SMILES string of the molecule is CC[C@H]1C(Cl)N1N1C(=O)OC[C@@H]1Cc1ccccc1. The van der Waals surface area contributed by atoms with Gasteiger partial charge in [-0.15, -0.1) is 11.6 Å².